The molecule has 1 heteroatoms. The van der Waals surface area contributed by atoms with Crippen molar-refractivity contribution in [3.05, 3.63) is 108 Å². The minimum absolute atomic E-state index is 0. The van der Waals surface area contributed by atoms with Gasteiger partial charge in [0.15, 0.2) is 0 Å². The summed E-state index contributed by atoms with van der Waals surface area (Å²) in [5.74, 6) is 0. The van der Waals surface area contributed by atoms with Crippen molar-refractivity contribution in [1.29, 1.82) is 0 Å². The van der Waals surface area contributed by atoms with Crippen LogP contribution in [0.15, 0.2) is 91.0 Å². The summed E-state index contributed by atoms with van der Waals surface area (Å²) in [7, 11) is 0. The van der Waals surface area contributed by atoms with Gasteiger partial charge in [-0.05, 0) is 23.1 Å². The molecule has 0 saturated carbocycles. The topological polar surface area (TPSA) is 0 Å². The van der Waals surface area contributed by atoms with Crippen molar-refractivity contribution < 1.29 is 4.70 Å². The summed E-state index contributed by atoms with van der Waals surface area (Å²) in [6.45, 7) is 2.27. The highest BCUT2D eigenvalue weighted by atomic mass is 19.0. The third-order valence-electron chi connectivity index (χ3n) is 4.71. The van der Waals surface area contributed by atoms with Crippen LogP contribution in [0.5, 0.6) is 0 Å². The smallest absolute Gasteiger partial charge is 0.0451 e. The molecule has 0 aliphatic carbocycles. The summed E-state index contributed by atoms with van der Waals surface area (Å²) in [4.78, 5) is 0. The fraction of sp³-hybridized carbons (Fsp3) is 0.217. The van der Waals surface area contributed by atoms with Gasteiger partial charge in [0.25, 0.3) is 0 Å². The fourth-order valence-electron chi connectivity index (χ4n) is 3.54. The zero-order valence-electron chi connectivity index (χ0n) is 14.2. The van der Waals surface area contributed by atoms with Gasteiger partial charge in [0, 0.05) is 5.41 Å². The first-order chi connectivity index (χ1) is 11.4. The van der Waals surface area contributed by atoms with Gasteiger partial charge in [-0.2, -0.15) is 0 Å². The van der Waals surface area contributed by atoms with E-state index in [0.717, 1.165) is 6.42 Å². The van der Waals surface area contributed by atoms with Crippen LogP contribution in [-0.2, 0) is 5.41 Å². The van der Waals surface area contributed by atoms with Gasteiger partial charge < -0.3 is 0 Å². The summed E-state index contributed by atoms with van der Waals surface area (Å²) < 4.78 is 0. The molecule has 0 radical (unpaired) electrons. The van der Waals surface area contributed by atoms with E-state index in [2.05, 4.69) is 97.9 Å². The minimum Gasteiger partial charge on any atom is -0.269 e. The van der Waals surface area contributed by atoms with Crippen molar-refractivity contribution in [1.82, 2.24) is 0 Å². The van der Waals surface area contributed by atoms with Crippen LogP contribution in [0.1, 0.15) is 42.9 Å². The van der Waals surface area contributed by atoms with Gasteiger partial charge in [-0.15, -0.1) is 0 Å². The monoisotopic (exact) mass is 320 g/mol. The third kappa shape index (κ3) is 3.41. The SMILES string of the molecule is CCCCC(c1ccccc1)(c1ccccc1)c1ccccc1.F. The molecule has 0 aliphatic rings. The van der Waals surface area contributed by atoms with Crippen LogP contribution < -0.4 is 0 Å². The van der Waals surface area contributed by atoms with E-state index in [1.54, 1.807) is 0 Å². The quantitative estimate of drug-likeness (QED) is 0.463. The highest BCUT2D eigenvalue weighted by Crippen LogP contribution is 2.43. The maximum absolute atomic E-state index is 2.27. The molecule has 3 aromatic carbocycles. The van der Waals surface area contributed by atoms with Gasteiger partial charge in [0.1, 0.15) is 0 Å². The number of unbranched alkanes of at least 4 members (excludes halogenated alkanes) is 1. The van der Waals surface area contributed by atoms with Crippen LogP contribution >= 0.6 is 0 Å². The Morgan fingerprint density at radius 3 is 1.21 bits per heavy atom. The molecule has 0 atom stereocenters. The number of hydrogen-bond donors (Lipinski definition) is 0. The molecule has 0 saturated heterocycles. The molecule has 0 heterocycles. The Balaban J connectivity index is 0.00000208. The predicted octanol–water partition coefficient (Wildman–Crippen LogP) is 6.36. The highest BCUT2D eigenvalue weighted by Gasteiger charge is 2.35. The van der Waals surface area contributed by atoms with Gasteiger partial charge >= 0.3 is 0 Å². The predicted molar refractivity (Wildman–Crippen MR) is 101 cm³/mol. The van der Waals surface area contributed by atoms with Crippen molar-refractivity contribution in [2.45, 2.75) is 31.6 Å². The van der Waals surface area contributed by atoms with Crippen LogP contribution in [0.2, 0.25) is 0 Å². The largest absolute Gasteiger partial charge is 0.269 e. The van der Waals surface area contributed by atoms with E-state index in [0.29, 0.717) is 0 Å². The van der Waals surface area contributed by atoms with Crippen LogP contribution in [0, 0.1) is 0 Å². The Labute approximate surface area is 144 Å². The molecule has 0 amide bonds. The molecule has 0 unspecified atom stereocenters. The van der Waals surface area contributed by atoms with Gasteiger partial charge in [-0.25, -0.2) is 0 Å². The van der Waals surface area contributed by atoms with Gasteiger partial charge in [-0.3, -0.25) is 4.70 Å². The average molecular weight is 320 g/mol. The van der Waals surface area contributed by atoms with E-state index in [1.165, 1.54) is 29.5 Å². The van der Waals surface area contributed by atoms with E-state index in [-0.39, 0.29) is 10.1 Å². The molecule has 124 valence electrons. The lowest BCUT2D eigenvalue weighted by atomic mass is 9.66. The van der Waals surface area contributed by atoms with E-state index in [4.69, 9.17) is 0 Å². The van der Waals surface area contributed by atoms with Crippen LogP contribution in [0.3, 0.4) is 0 Å². The van der Waals surface area contributed by atoms with Gasteiger partial charge in [-0.1, -0.05) is 111 Å². The van der Waals surface area contributed by atoms with Gasteiger partial charge in [0.05, 0.1) is 0 Å². The molecule has 0 nitrogen and oxygen atoms in total. The van der Waals surface area contributed by atoms with E-state index in [9.17, 15) is 0 Å². The Kier molecular flexibility index (Phi) is 6.31. The molecular weight excluding hydrogens is 295 g/mol. The van der Waals surface area contributed by atoms with E-state index < -0.39 is 0 Å². The Morgan fingerprint density at radius 2 is 0.917 bits per heavy atom. The van der Waals surface area contributed by atoms with Crippen molar-refractivity contribution >= 4 is 0 Å². The third-order valence-corrected chi connectivity index (χ3v) is 4.71. The fourth-order valence-corrected chi connectivity index (χ4v) is 3.54. The summed E-state index contributed by atoms with van der Waals surface area (Å²) in [6, 6.07) is 32.9. The first-order valence-electron chi connectivity index (χ1n) is 8.54. The van der Waals surface area contributed by atoms with Crippen LogP contribution in [0.25, 0.3) is 0 Å². The lowest BCUT2D eigenvalue weighted by Crippen LogP contribution is -2.29. The van der Waals surface area contributed by atoms with E-state index >= 15 is 0 Å². The normalized spacial score (nSPS) is 10.9. The highest BCUT2D eigenvalue weighted by molar-refractivity contribution is 5.50. The minimum atomic E-state index is -0.0697. The molecule has 3 aromatic rings. The molecule has 0 bridgehead atoms. The average Bonchev–Trinajstić information content (AvgIpc) is 2.65. The first kappa shape index (κ1) is 17.9. The lowest BCUT2D eigenvalue weighted by molar-refractivity contribution is 0.527. The molecule has 0 N–H and O–H groups in total. The number of benzene rings is 3. The maximum Gasteiger partial charge on any atom is 0.0451 e. The summed E-state index contributed by atoms with van der Waals surface area (Å²) >= 11 is 0. The summed E-state index contributed by atoms with van der Waals surface area (Å²) in [5.41, 5.74) is 4.07. The van der Waals surface area contributed by atoms with Crippen molar-refractivity contribution in [2.24, 2.45) is 0 Å². The van der Waals surface area contributed by atoms with Crippen molar-refractivity contribution in [2.75, 3.05) is 0 Å². The molecule has 3 rings (SSSR count). The molecular formula is C23H25F. The molecule has 0 fully saturated rings. The first-order valence-corrected chi connectivity index (χ1v) is 8.54. The Bertz CT molecular complexity index is 608. The van der Waals surface area contributed by atoms with Crippen LogP contribution in [0.4, 0.5) is 4.70 Å². The second-order valence-electron chi connectivity index (χ2n) is 6.11. The summed E-state index contributed by atoms with van der Waals surface area (Å²) in [6.07, 6.45) is 3.54. The second-order valence-corrected chi connectivity index (χ2v) is 6.11. The molecule has 0 aliphatic heterocycles. The van der Waals surface area contributed by atoms with Crippen molar-refractivity contribution in [3.8, 4) is 0 Å². The molecule has 24 heavy (non-hydrogen) atoms. The van der Waals surface area contributed by atoms with Crippen LogP contribution in [-0.4, -0.2) is 0 Å². The lowest BCUT2D eigenvalue weighted by Gasteiger charge is -2.36. The second kappa shape index (κ2) is 8.44. The number of hydrogen-bond acceptors (Lipinski definition) is 0. The zero-order chi connectivity index (χ0) is 16.0. The standard InChI is InChI=1S/C23H24.FH/c1-2-3-19-23(20-13-7-4-8-14-20,21-15-9-5-10-16-21)22-17-11-6-12-18-22;/h4-18H,2-3,19H2,1H3;1H. The Hall–Kier alpha value is -2.41. The van der Waals surface area contributed by atoms with E-state index in [1.807, 2.05) is 0 Å². The number of rotatable bonds is 6. The van der Waals surface area contributed by atoms with Gasteiger partial charge in [0.2, 0.25) is 0 Å². The zero-order valence-corrected chi connectivity index (χ0v) is 14.2. The Morgan fingerprint density at radius 1 is 0.583 bits per heavy atom. The maximum atomic E-state index is 2.27. The molecule has 0 aromatic heterocycles. The summed E-state index contributed by atoms with van der Waals surface area (Å²) in [5, 5.41) is 0. The van der Waals surface area contributed by atoms with Crippen molar-refractivity contribution in [3.63, 3.8) is 0 Å². The number of halogens is 1. The molecule has 0 spiro atoms.